The van der Waals surface area contributed by atoms with Gasteiger partial charge in [0.25, 0.3) is 0 Å². The van der Waals surface area contributed by atoms with E-state index in [2.05, 4.69) is 16.4 Å². The average molecular weight is 386 g/mol. The number of halogens is 1. The van der Waals surface area contributed by atoms with Gasteiger partial charge in [-0.15, -0.1) is 12.4 Å². The Balaban J connectivity index is 0.00000261. The number of nitriles is 1. The van der Waals surface area contributed by atoms with Gasteiger partial charge in [-0.05, 0) is 37.3 Å². The molecule has 0 aliphatic carbocycles. The Hall–Kier alpha value is -3.17. The van der Waals surface area contributed by atoms with Gasteiger partial charge in [-0.25, -0.2) is 0 Å². The fourth-order valence-corrected chi connectivity index (χ4v) is 2.69. The van der Waals surface area contributed by atoms with E-state index < -0.39 is 0 Å². The van der Waals surface area contributed by atoms with Crippen LogP contribution in [0.5, 0.6) is 17.2 Å². The van der Waals surface area contributed by atoms with Crippen LogP contribution in [-0.4, -0.2) is 25.8 Å². The van der Waals surface area contributed by atoms with Gasteiger partial charge in [0.2, 0.25) is 0 Å². The molecule has 140 valence electrons. The lowest BCUT2D eigenvalue weighted by Crippen LogP contribution is -2.00. The summed E-state index contributed by atoms with van der Waals surface area (Å²) in [5.41, 5.74) is 2.52. The molecule has 6 nitrogen and oxygen atoms in total. The number of methoxy groups -OCH3 is 2. The maximum atomic E-state index is 9.54. The van der Waals surface area contributed by atoms with Crippen molar-refractivity contribution in [1.29, 1.82) is 5.26 Å². The van der Waals surface area contributed by atoms with Crippen LogP contribution in [0.25, 0.3) is 10.9 Å². The zero-order valence-corrected chi connectivity index (χ0v) is 16.1. The van der Waals surface area contributed by atoms with Gasteiger partial charge in [-0.3, -0.25) is 4.98 Å². The maximum Gasteiger partial charge on any atom is 0.142 e. The zero-order chi connectivity index (χ0) is 18.5. The number of anilines is 2. The largest absolute Gasteiger partial charge is 0.497 e. The van der Waals surface area contributed by atoms with Gasteiger partial charge in [0.05, 0.1) is 43.3 Å². The molecule has 0 unspecified atom stereocenters. The second-order valence-corrected chi connectivity index (χ2v) is 5.46. The Labute approximate surface area is 164 Å². The van der Waals surface area contributed by atoms with Crippen molar-refractivity contribution in [3.63, 3.8) is 0 Å². The predicted molar refractivity (Wildman–Crippen MR) is 108 cm³/mol. The number of nitrogens with zero attached hydrogens (tertiary/aromatic N) is 2. The number of rotatable bonds is 6. The lowest BCUT2D eigenvalue weighted by atomic mass is 10.1. The van der Waals surface area contributed by atoms with E-state index in [0.29, 0.717) is 35.0 Å². The summed E-state index contributed by atoms with van der Waals surface area (Å²) < 4.78 is 16.3. The number of ether oxygens (including phenoxy) is 3. The lowest BCUT2D eigenvalue weighted by molar-refractivity contribution is 0.340. The molecule has 27 heavy (non-hydrogen) atoms. The molecule has 1 heterocycles. The molecule has 7 heteroatoms. The summed E-state index contributed by atoms with van der Waals surface area (Å²) in [6.07, 6.45) is 1.55. The first kappa shape index (κ1) is 20.1. The molecule has 1 N–H and O–H groups in total. The van der Waals surface area contributed by atoms with Crippen molar-refractivity contribution in [3.8, 4) is 23.3 Å². The molecule has 0 aliphatic rings. The van der Waals surface area contributed by atoms with Crippen LogP contribution >= 0.6 is 12.4 Å². The molecule has 0 fully saturated rings. The number of fused-ring (bicyclic) bond motifs is 1. The summed E-state index contributed by atoms with van der Waals surface area (Å²) in [4.78, 5) is 4.36. The second kappa shape index (κ2) is 8.97. The molecule has 0 radical (unpaired) electrons. The lowest BCUT2D eigenvalue weighted by Gasteiger charge is -2.16. The van der Waals surface area contributed by atoms with E-state index in [-0.39, 0.29) is 12.4 Å². The summed E-state index contributed by atoms with van der Waals surface area (Å²) in [6.45, 7) is 2.48. The molecule has 2 aromatic carbocycles. The van der Waals surface area contributed by atoms with E-state index in [1.54, 1.807) is 20.4 Å². The maximum absolute atomic E-state index is 9.54. The van der Waals surface area contributed by atoms with Gasteiger partial charge in [0, 0.05) is 17.6 Å². The number of hydrogen-bond acceptors (Lipinski definition) is 6. The summed E-state index contributed by atoms with van der Waals surface area (Å²) in [6, 6.07) is 13.2. The smallest absolute Gasteiger partial charge is 0.142 e. The molecule has 1 aromatic heterocycles. The van der Waals surface area contributed by atoms with Crippen molar-refractivity contribution >= 4 is 34.7 Å². The fraction of sp³-hybridized carbons (Fsp3) is 0.200. The highest BCUT2D eigenvalue weighted by molar-refractivity contribution is 5.97. The molecular weight excluding hydrogens is 366 g/mol. The molecular formula is C20H20ClN3O3. The minimum absolute atomic E-state index is 0. The van der Waals surface area contributed by atoms with Crippen LogP contribution in [0.4, 0.5) is 11.4 Å². The van der Waals surface area contributed by atoms with Crippen molar-refractivity contribution in [2.45, 2.75) is 6.92 Å². The molecule has 3 aromatic rings. The molecule has 0 saturated carbocycles. The molecule has 0 bridgehead atoms. The van der Waals surface area contributed by atoms with Gasteiger partial charge in [-0.1, -0.05) is 0 Å². The van der Waals surface area contributed by atoms with Crippen molar-refractivity contribution < 1.29 is 14.2 Å². The second-order valence-electron chi connectivity index (χ2n) is 5.46. The third kappa shape index (κ3) is 4.15. The van der Waals surface area contributed by atoms with Crippen molar-refractivity contribution in [3.05, 3.63) is 48.2 Å². The Bertz CT molecular complexity index is 986. The number of aromatic nitrogens is 1. The minimum Gasteiger partial charge on any atom is -0.497 e. The Morgan fingerprint density at radius 1 is 1.07 bits per heavy atom. The highest BCUT2D eigenvalue weighted by Gasteiger charge is 2.13. The van der Waals surface area contributed by atoms with E-state index in [9.17, 15) is 5.26 Å². The van der Waals surface area contributed by atoms with Gasteiger partial charge in [0.1, 0.15) is 23.3 Å². The van der Waals surface area contributed by atoms with Crippen molar-refractivity contribution in [2.24, 2.45) is 0 Å². The normalized spacial score (nSPS) is 9.85. The van der Waals surface area contributed by atoms with Crippen LogP contribution in [0.3, 0.4) is 0 Å². The van der Waals surface area contributed by atoms with E-state index >= 15 is 0 Å². The summed E-state index contributed by atoms with van der Waals surface area (Å²) >= 11 is 0. The predicted octanol–water partition coefficient (Wildman–Crippen LogP) is 4.69. The van der Waals surface area contributed by atoms with Gasteiger partial charge in [0.15, 0.2) is 0 Å². The number of hydrogen-bond donors (Lipinski definition) is 1. The van der Waals surface area contributed by atoms with Crippen molar-refractivity contribution in [1.82, 2.24) is 4.98 Å². The summed E-state index contributed by atoms with van der Waals surface area (Å²) in [5.74, 6) is 2.04. The molecule has 3 rings (SSSR count). The van der Waals surface area contributed by atoms with Crippen LogP contribution < -0.4 is 19.5 Å². The Morgan fingerprint density at radius 2 is 1.85 bits per heavy atom. The Morgan fingerprint density at radius 3 is 2.52 bits per heavy atom. The summed E-state index contributed by atoms with van der Waals surface area (Å²) in [7, 11) is 3.19. The third-order valence-electron chi connectivity index (χ3n) is 3.94. The number of benzene rings is 2. The van der Waals surface area contributed by atoms with Crippen LogP contribution in [0.1, 0.15) is 12.5 Å². The van der Waals surface area contributed by atoms with E-state index in [1.165, 1.54) is 0 Å². The SMILES string of the molecule is CCOc1ccc2ncc(C#N)c(Nc3cc(OC)ccc3OC)c2c1.Cl. The Kier molecular flexibility index (Phi) is 6.69. The summed E-state index contributed by atoms with van der Waals surface area (Å²) in [5, 5.41) is 13.6. The molecule has 0 spiro atoms. The van der Waals surface area contributed by atoms with Gasteiger partial charge in [-0.2, -0.15) is 5.26 Å². The topological polar surface area (TPSA) is 76.4 Å². The molecule has 0 saturated heterocycles. The molecule has 0 amide bonds. The number of nitrogens with one attached hydrogen (secondary N) is 1. The zero-order valence-electron chi connectivity index (χ0n) is 15.3. The highest BCUT2D eigenvalue weighted by atomic mass is 35.5. The first-order chi connectivity index (χ1) is 12.7. The van der Waals surface area contributed by atoms with Gasteiger partial charge >= 0.3 is 0 Å². The van der Waals surface area contributed by atoms with Crippen LogP contribution in [0.15, 0.2) is 42.6 Å². The van der Waals surface area contributed by atoms with Crippen LogP contribution in [0.2, 0.25) is 0 Å². The van der Waals surface area contributed by atoms with E-state index in [4.69, 9.17) is 14.2 Å². The first-order valence-electron chi connectivity index (χ1n) is 8.14. The van der Waals surface area contributed by atoms with Crippen LogP contribution in [0, 0.1) is 11.3 Å². The van der Waals surface area contributed by atoms with E-state index in [0.717, 1.165) is 16.7 Å². The van der Waals surface area contributed by atoms with Crippen molar-refractivity contribution in [2.75, 3.05) is 26.1 Å². The highest BCUT2D eigenvalue weighted by Crippen LogP contribution is 2.36. The average Bonchev–Trinajstić information content (AvgIpc) is 2.68. The standard InChI is InChI=1S/C20H19N3O3.ClH/c1-4-26-15-5-7-17-16(9-15)20(13(11-21)12-22-17)23-18-10-14(24-2)6-8-19(18)25-3;/h5-10,12H,4H2,1-3H3,(H,22,23);1H. The fourth-order valence-electron chi connectivity index (χ4n) is 2.69. The van der Waals surface area contributed by atoms with E-state index in [1.807, 2.05) is 43.3 Å². The quantitative estimate of drug-likeness (QED) is 0.663. The first-order valence-corrected chi connectivity index (χ1v) is 8.14. The molecule has 0 atom stereocenters. The third-order valence-corrected chi connectivity index (χ3v) is 3.94. The minimum atomic E-state index is 0. The monoisotopic (exact) mass is 385 g/mol. The van der Waals surface area contributed by atoms with Gasteiger partial charge < -0.3 is 19.5 Å². The number of pyridine rings is 1. The molecule has 0 aliphatic heterocycles. The van der Waals surface area contributed by atoms with Crippen LogP contribution in [-0.2, 0) is 0 Å².